The fourth-order valence-corrected chi connectivity index (χ4v) is 2.51. The van der Waals surface area contributed by atoms with E-state index in [9.17, 15) is 4.79 Å². The number of likely N-dealkylation sites (N-methyl/N-ethyl adjacent to an activating group) is 1. The molecule has 1 heterocycles. The van der Waals surface area contributed by atoms with E-state index in [-0.39, 0.29) is 11.9 Å². The second kappa shape index (κ2) is 7.21. The molecule has 0 aromatic heterocycles. The van der Waals surface area contributed by atoms with Crippen molar-refractivity contribution in [2.45, 2.75) is 19.9 Å². The second-order valence-electron chi connectivity index (χ2n) is 5.32. The standard InChI is InChI=1S/C16H22N4O/c1-3-19-8-10-20(11-9-19)13(2)16(21)18-15-6-4-14(12-17)5-7-15/h4-7,13H,3,8-11H2,1-2H3,(H,18,21)/t13-/m1/s1. The number of nitriles is 1. The SMILES string of the molecule is CCN1CCN([C@H](C)C(=O)Nc2ccc(C#N)cc2)CC1. The van der Waals surface area contributed by atoms with Crippen LogP contribution in [0.4, 0.5) is 5.69 Å². The Bertz CT molecular complexity index is 512. The van der Waals surface area contributed by atoms with Crippen LogP contribution < -0.4 is 5.32 Å². The molecule has 112 valence electrons. The van der Waals surface area contributed by atoms with Crippen molar-refractivity contribution in [2.24, 2.45) is 0 Å². The topological polar surface area (TPSA) is 59.4 Å². The van der Waals surface area contributed by atoms with Crippen LogP contribution in [0.3, 0.4) is 0 Å². The highest BCUT2D eigenvalue weighted by atomic mass is 16.2. The summed E-state index contributed by atoms with van der Waals surface area (Å²) in [5.74, 6) is 0.00431. The number of rotatable bonds is 4. The number of carbonyl (C=O) groups excluding carboxylic acids is 1. The summed E-state index contributed by atoms with van der Waals surface area (Å²) in [5, 5.41) is 11.7. The van der Waals surface area contributed by atoms with Crippen LogP contribution in [0.1, 0.15) is 19.4 Å². The number of nitrogens with zero attached hydrogens (tertiary/aromatic N) is 3. The third-order valence-corrected chi connectivity index (χ3v) is 4.06. The summed E-state index contributed by atoms with van der Waals surface area (Å²) in [6, 6.07) is 8.87. The summed E-state index contributed by atoms with van der Waals surface area (Å²) >= 11 is 0. The molecule has 1 amide bonds. The van der Waals surface area contributed by atoms with Crippen LogP contribution in [0.15, 0.2) is 24.3 Å². The van der Waals surface area contributed by atoms with Crippen LogP contribution in [-0.2, 0) is 4.79 Å². The minimum Gasteiger partial charge on any atom is -0.325 e. The first-order chi connectivity index (χ1) is 10.1. The summed E-state index contributed by atoms with van der Waals surface area (Å²) in [6.45, 7) is 9.07. The van der Waals surface area contributed by atoms with Gasteiger partial charge in [0.05, 0.1) is 17.7 Å². The lowest BCUT2D eigenvalue weighted by Crippen LogP contribution is -2.52. The highest BCUT2D eigenvalue weighted by Crippen LogP contribution is 2.12. The van der Waals surface area contributed by atoms with Crippen LogP contribution >= 0.6 is 0 Å². The van der Waals surface area contributed by atoms with Crippen LogP contribution in [0, 0.1) is 11.3 Å². The molecule has 0 spiro atoms. The molecule has 5 nitrogen and oxygen atoms in total. The van der Waals surface area contributed by atoms with Gasteiger partial charge in [-0.15, -0.1) is 0 Å². The van der Waals surface area contributed by atoms with Gasteiger partial charge in [-0.3, -0.25) is 9.69 Å². The molecule has 21 heavy (non-hydrogen) atoms. The summed E-state index contributed by atoms with van der Waals surface area (Å²) in [4.78, 5) is 16.9. The molecule has 1 N–H and O–H groups in total. The first-order valence-electron chi connectivity index (χ1n) is 7.41. The van der Waals surface area contributed by atoms with Crippen LogP contribution in [0.2, 0.25) is 0 Å². The maximum Gasteiger partial charge on any atom is 0.241 e. The van der Waals surface area contributed by atoms with E-state index in [1.54, 1.807) is 24.3 Å². The highest BCUT2D eigenvalue weighted by Gasteiger charge is 2.24. The maximum absolute atomic E-state index is 12.3. The summed E-state index contributed by atoms with van der Waals surface area (Å²) in [7, 11) is 0. The van der Waals surface area contributed by atoms with E-state index in [0.717, 1.165) is 38.4 Å². The lowest BCUT2D eigenvalue weighted by atomic mass is 10.2. The third-order valence-electron chi connectivity index (χ3n) is 4.06. The fourth-order valence-electron chi connectivity index (χ4n) is 2.51. The van der Waals surface area contributed by atoms with E-state index in [1.807, 2.05) is 6.92 Å². The van der Waals surface area contributed by atoms with E-state index < -0.39 is 0 Å². The van der Waals surface area contributed by atoms with Crippen LogP contribution in [0.25, 0.3) is 0 Å². The predicted molar refractivity (Wildman–Crippen MR) is 82.9 cm³/mol. The van der Waals surface area contributed by atoms with Gasteiger partial charge in [0.1, 0.15) is 0 Å². The van der Waals surface area contributed by atoms with Crippen molar-refractivity contribution in [3.05, 3.63) is 29.8 Å². The molecule has 1 saturated heterocycles. The Morgan fingerprint density at radius 3 is 2.43 bits per heavy atom. The number of carbonyl (C=O) groups is 1. The zero-order valence-electron chi connectivity index (χ0n) is 12.7. The van der Waals surface area contributed by atoms with Crippen molar-refractivity contribution < 1.29 is 4.79 Å². The average Bonchev–Trinajstić information content (AvgIpc) is 2.55. The fraction of sp³-hybridized carbons (Fsp3) is 0.500. The van der Waals surface area contributed by atoms with Crippen molar-refractivity contribution >= 4 is 11.6 Å². The Hall–Kier alpha value is -1.90. The van der Waals surface area contributed by atoms with Gasteiger partial charge in [-0.1, -0.05) is 6.92 Å². The number of nitrogens with one attached hydrogen (secondary N) is 1. The molecule has 1 aliphatic rings. The number of anilines is 1. The molecule has 1 aromatic carbocycles. The molecule has 1 atom stereocenters. The number of hydrogen-bond acceptors (Lipinski definition) is 4. The van der Waals surface area contributed by atoms with Gasteiger partial charge in [0.2, 0.25) is 5.91 Å². The van der Waals surface area contributed by atoms with Gasteiger partial charge >= 0.3 is 0 Å². The molecule has 0 radical (unpaired) electrons. The zero-order chi connectivity index (χ0) is 15.2. The van der Waals surface area contributed by atoms with Gasteiger partial charge in [-0.25, -0.2) is 0 Å². The van der Waals surface area contributed by atoms with Crippen molar-refractivity contribution in [1.82, 2.24) is 9.80 Å². The highest BCUT2D eigenvalue weighted by molar-refractivity contribution is 5.94. The van der Waals surface area contributed by atoms with Gasteiger partial charge in [0, 0.05) is 31.9 Å². The molecular weight excluding hydrogens is 264 g/mol. The Morgan fingerprint density at radius 2 is 1.90 bits per heavy atom. The van der Waals surface area contributed by atoms with E-state index in [0.29, 0.717) is 5.56 Å². The first kappa shape index (κ1) is 15.5. The van der Waals surface area contributed by atoms with E-state index >= 15 is 0 Å². The number of amides is 1. The molecule has 2 rings (SSSR count). The van der Waals surface area contributed by atoms with Gasteiger partial charge in [-0.05, 0) is 37.7 Å². The van der Waals surface area contributed by atoms with Crippen LogP contribution in [-0.4, -0.2) is 54.5 Å². The molecule has 0 bridgehead atoms. The van der Waals surface area contributed by atoms with E-state index in [4.69, 9.17) is 5.26 Å². The smallest absolute Gasteiger partial charge is 0.241 e. The molecule has 0 unspecified atom stereocenters. The monoisotopic (exact) mass is 286 g/mol. The van der Waals surface area contributed by atoms with Crippen molar-refractivity contribution in [3.63, 3.8) is 0 Å². The Morgan fingerprint density at radius 1 is 1.29 bits per heavy atom. The largest absolute Gasteiger partial charge is 0.325 e. The lowest BCUT2D eigenvalue weighted by Gasteiger charge is -2.36. The molecule has 0 aliphatic carbocycles. The average molecular weight is 286 g/mol. The van der Waals surface area contributed by atoms with Crippen LogP contribution in [0.5, 0.6) is 0 Å². The Balaban J connectivity index is 1.89. The van der Waals surface area contributed by atoms with Crippen molar-refractivity contribution in [1.29, 1.82) is 5.26 Å². The maximum atomic E-state index is 12.3. The van der Waals surface area contributed by atoms with Gasteiger partial charge < -0.3 is 10.2 Å². The predicted octanol–water partition coefficient (Wildman–Crippen LogP) is 1.52. The third kappa shape index (κ3) is 4.03. The van der Waals surface area contributed by atoms with Gasteiger partial charge in [0.15, 0.2) is 0 Å². The van der Waals surface area contributed by atoms with Crippen molar-refractivity contribution in [2.75, 3.05) is 38.0 Å². The molecule has 5 heteroatoms. The second-order valence-corrected chi connectivity index (χ2v) is 5.32. The van der Waals surface area contributed by atoms with E-state index in [1.165, 1.54) is 0 Å². The molecule has 1 aliphatic heterocycles. The molecule has 1 fully saturated rings. The summed E-state index contributed by atoms with van der Waals surface area (Å²) in [5.41, 5.74) is 1.33. The van der Waals surface area contributed by atoms with Crippen molar-refractivity contribution in [3.8, 4) is 6.07 Å². The molecular formula is C16H22N4O. The van der Waals surface area contributed by atoms with E-state index in [2.05, 4.69) is 28.1 Å². The Labute approximate surface area is 126 Å². The molecule has 1 aromatic rings. The minimum atomic E-state index is -0.139. The lowest BCUT2D eigenvalue weighted by molar-refractivity contribution is -0.121. The number of hydrogen-bond donors (Lipinski definition) is 1. The molecule has 0 saturated carbocycles. The summed E-state index contributed by atoms with van der Waals surface area (Å²) < 4.78 is 0. The van der Waals surface area contributed by atoms with Gasteiger partial charge in [0.25, 0.3) is 0 Å². The first-order valence-corrected chi connectivity index (χ1v) is 7.41. The van der Waals surface area contributed by atoms with Gasteiger partial charge in [-0.2, -0.15) is 5.26 Å². The normalized spacial score (nSPS) is 18.0. The zero-order valence-corrected chi connectivity index (χ0v) is 12.7. The quantitative estimate of drug-likeness (QED) is 0.912. The number of piperazine rings is 1. The summed E-state index contributed by atoms with van der Waals surface area (Å²) in [6.07, 6.45) is 0. The Kier molecular flexibility index (Phi) is 5.32. The number of benzene rings is 1. The minimum absolute atomic E-state index is 0.00431.